The van der Waals surface area contributed by atoms with Crippen LogP contribution >= 0.6 is 0 Å². The minimum atomic E-state index is -0.204. The van der Waals surface area contributed by atoms with Gasteiger partial charge in [-0.15, -0.1) is 0 Å². The fraction of sp³-hybridized carbons (Fsp3) is 0.434. The fourth-order valence-corrected chi connectivity index (χ4v) is 8.33. The molecule has 0 saturated carbocycles. The molecule has 0 aromatic heterocycles. The molecule has 4 amide bonds. The monoisotopic (exact) mass is 973 g/mol. The molecule has 3 aromatic rings. The molecular formula is C53H63N7O11. The van der Waals surface area contributed by atoms with Crippen molar-refractivity contribution in [3.63, 3.8) is 0 Å². The van der Waals surface area contributed by atoms with Crippen LogP contribution in [0.1, 0.15) is 68.7 Å². The highest BCUT2D eigenvalue weighted by Gasteiger charge is 2.35. The van der Waals surface area contributed by atoms with Crippen LogP contribution in [0.5, 0.6) is 17.2 Å². The third kappa shape index (κ3) is 14.6. The Morgan fingerprint density at radius 1 is 0.690 bits per heavy atom. The first-order chi connectivity index (χ1) is 34.5. The van der Waals surface area contributed by atoms with E-state index in [2.05, 4.69) is 45.6 Å². The smallest absolute Gasteiger partial charge is 0.257 e. The van der Waals surface area contributed by atoms with E-state index in [1.54, 1.807) is 34.2 Å². The number of methoxy groups -OCH3 is 1. The van der Waals surface area contributed by atoms with Gasteiger partial charge in [-0.3, -0.25) is 29.2 Å². The lowest BCUT2D eigenvalue weighted by molar-refractivity contribution is -0.122. The van der Waals surface area contributed by atoms with E-state index >= 15 is 0 Å². The van der Waals surface area contributed by atoms with Gasteiger partial charge < -0.3 is 59.3 Å². The number of nitrogens with one attached hydrogen (secondary N) is 2. The quantitative estimate of drug-likeness (QED) is 0.0608. The summed E-state index contributed by atoms with van der Waals surface area (Å²) in [7, 11) is 1.53. The number of rotatable bonds is 25. The Morgan fingerprint density at radius 3 is 1.82 bits per heavy atom. The van der Waals surface area contributed by atoms with Crippen LogP contribution < -0.4 is 30.6 Å². The van der Waals surface area contributed by atoms with Crippen LogP contribution in [-0.2, 0) is 41.8 Å². The number of aryl methyl sites for hydroxylation is 1. The van der Waals surface area contributed by atoms with E-state index in [1.807, 2.05) is 37.4 Å². The third-order valence-corrected chi connectivity index (χ3v) is 11.9. The predicted molar refractivity (Wildman–Crippen MR) is 267 cm³/mol. The fourth-order valence-electron chi connectivity index (χ4n) is 8.33. The Balaban J connectivity index is 0.919. The van der Waals surface area contributed by atoms with E-state index in [1.165, 1.54) is 7.11 Å². The number of nitrogens with zero attached hydrogens (tertiary/aromatic N) is 4. The molecule has 18 heteroatoms. The van der Waals surface area contributed by atoms with Gasteiger partial charge in [-0.2, -0.15) is 0 Å². The van der Waals surface area contributed by atoms with Gasteiger partial charge in [0, 0.05) is 69.1 Å². The average Bonchev–Trinajstić information content (AvgIpc) is 3.87. The highest BCUT2D eigenvalue weighted by Crippen LogP contribution is 2.39. The van der Waals surface area contributed by atoms with E-state index < -0.39 is 0 Å². The summed E-state index contributed by atoms with van der Waals surface area (Å²) in [6, 6.07) is 12.5. The zero-order valence-corrected chi connectivity index (χ0v) is 40.6. The number of amides is 4. The van der Waals surface area contributed by atoms with Gasteiger partial charge in [-0.05, 0) is 66.8 Å². The van der Waals surface area contributed by atoms with Gasteiger partial charge in [0.05, 0.1) is 101 Å². The molecule has 4 aliphatic rings. The van der Waals surface area contributed by atoms with Crippen LogP contribution in [0, 0.1) is 18.8 Å². The van der Waals surface area contributed by atoms with Crippen LogP contribution in [0.4, 0.5) is 11.4 Å². The summed E-state index contributed by atoms with van der Waals surface area (Å²) in [5, 5.41) is 5.54. The van der Waals surface area contributed by atoms with Crippen molar-refractivity contribution < 1.29 is 52.3 Å². The van der Waals surface area contributed by atoms with Gasteiger partial charge in [0.25, 0.3) is 11.8 Å². The van der Waals surface area contributed by atoms with Gasteiger partial charge in [0.2, 0.25) is 11.8 Å². The van der Waals surface area contributed by atoms with Gasteiger partial charge in [-0.25, -0.2) is 0 Å². The summed E-state index contributed by atoms with van der Waals surface area (Å²) >= 11 is 0. The van der Waals surface area contributed by atoms with Crippen molar-refractivity contribution >= 4 is 47.4 Å². The van der Waals surface area contributed by atoms with Gasteiger partial charge in [-0.1, -0.05) is 36.1 Å². The molecule has 0 radical (unpaired) electrons. The Hall–Kier alpha value is -6.88. The summed E-state index contributed by atoms with van der Waals surface area (Å²) < 4.78 is 40.4. The molecule has 2 fully saturated rings. The highest BCUT2D eigenvalue weighted by atomic mass is 16.6. The first kappa shape index (κ1) is 52.0. The van der Waals surface area contributed by atoms with E-state index in [0.717, 1.165) is 27.8 Å². The predicted octanol–water partition coefficient (Wildman–Crippen LogP) is 4.52. The molecular weight excluding hydrogens is 911 g/mol. The number of ether oxygens (including phenoxy) is 7. The molecule has 71 heavy (non-hydrogen) atoms. The standard InChI is InChI=1S/C53H63N7O11/c1-35-20-41-29-57-45-27-47(37(3)22-43(45)52(63)59(41)31-35)70-33-39-23-38(6-5-10-55-51(62)8-12-66-14-16-68-18-19-69-17-15-67-13-11-56-50(61)7-9-54)24-40(25-39)34-71-49-28-46-44(26-48(49)65-4)53(64)60-32-36(2)21-42(60)30-58-46/h22-30,41-42H,1-2,7-21,31-34,54H2,3-4H3,(H,55,62)(H,56,61)/t41-,42-/m0/s1. The molecule has 0 unspecified atom stereocenters. The molecule has 2 saturated heterocycles. The molecule has 0 bridgehead atoms. The third-order valence-electron chi connectivity index (χ3n) is 11.9. The van der Waals surface area contributed by atoms with Crippen molar-refractivity contribution in [1.29, 1.82) is 0 Å². The summed E-state index contributed by atoms with van der Waals surface area (Å²) in [6.45, 7) is 15.1. The van der Waals surface area contributed by atoms with Crippen LogP contribution in [-0.4, -0.2) is 151 Å². The Labute approximate surface area is 414 Å². The second-order valence-electron chi connectivity index (χ2n) is 17.4. The van der Waals surface area contributed by atoms with Crippen LogP contribution in [0.15, 0.2) is 76.8 Å². The molecule has 0 spiro atoms. The number of hydrogen-bond donors (Lipinski definition) is 3. The summed E-state index contributed by atoms with van der Waals surface area (Å²) in [6.07, 6.45) is 5.42. The number of hydrogen-bond acceptors (Lipinski definition) is 14. The van der Waals surface area contributed by atoms with Crippen molar-refractivity contribution in [2.24, 2.45) is 15.7 Å². The lowest BCUT2D eigenvalue weighted by Crippen LogP contribution is -2.35. The number of aliphatic imine (C=N–C) groups is 2. The van der Waals surface area contributed by atoms with Crippen molar-refractivity contribution in [1.82, 2.24) is 20.4 Å². The topological polar surface area (TPSA) is 214 Å². The molecule has 376 valence electrons. The van der Waals surface area contributed by atoms with Crippen LogP contribution in [0.25, 0.3) is 0 Å². The number of carbonyl (C=O) groups is 4. The summed E-state index contributed by atoms with van der Waals surface area (Å²) in [5.74, 6) is 7.11. The molecule has 0 aliphatic carbocycles. The second kappa shape index (κ2) is 25.8. The number of carbonyl (C=O) groups excluding carboxylic acids is 4. The first-order valence-corrected chi connectivity index (χ1v) is 23.8. The highest BCUT2D eigenvalue weighted by molar-refractivity contribution is 6.04. The zero-order valence-electron chi connectivity index (χ0n) is 40.6. The lowest BCUT2D eigenvalue weighted by atomic mass is 10.1. The van der Waals surface area contributed by atoms with E-state index in [4.69, 9.17) is 38.9 Å². The molecule has 7 rings (SSSR count). The van der Waals surface area contributed by atoms with Gasteiger partial charge in [0.15, 0.2) is 11.5 Å². The summed E-state index contributed by atoms with van der Waals surface area (Å²) in [5.41, 5.74) is 12.4. The zero-order chi connectivity index (χ0) is 50.1. The molecule has 4 heterocycles. The molecule has 18 nitrogen and oxygen atoms in total. The van der Waals surface area contributed by atoms with Crippen molar-refractivity contribution in [3.05, 3.63) is 100 Å². The molecule has 4 aliphatic heterocycles. The van der Waals surface area contributed by atoms with Crippen LogP contribution in [0.2, 0.25) is 0 Å². The van der Waals surface area contributed by atoms with E-state index in [0.29, 0.717) is 137 Å². The molecule has 2 atom stereocenters. The number of nitrogens with two attached hydrogens (primary N) is 1. The second-order valence-corrected chi connectivity index (χ2v) is 17.4. The largest absolute Gasteiger partial charge is 0.493 e. The maximum Gasteiger partial charge on any atom is 0.257 e. The van der Waals surface area contributed by atoms with Gasteiger partial charge >= 0.3 is 0 Å². The minimum absolute atomic E-state index is 0.0766. The average molecular weight is 974 g/mol. The molecule has 4 N–H and O–H groups in total. The Kier molecular flexibility index (Phi) is 18.9. The van der Waals surface area contributed by atoms with Crippen molar-refractivity contribution in [2.75, 3.05) is 92.7 Å². The Morgan fingerprint density at radius 2 is 1.23 bits per heavy atom. The lowest BCUT2D eigenvalue weighted by Gasteiger charge is -2.20. The van der Waals surface area contributed by atoms with Crippen molar-refractivity contribution in [2.45, 2.75) is 57.9 Å². The van der Waals surface area contributed by atoms with E-state index in [-0.39, 0.29) is 68.5 Å². The van der Waals surface area contributed by atoms with Crippen molar-refractivity contribution in [3.8, 4) is 29.1 Å². The maximum atomic E-state index is 13.6. The van der Waals surface area contributed by atoms with Gasteiger partial charge in [0.1, 0.15) is 19.0 Å². The SMILES string of the molecule is C=C1C[C@H]2C=Nc3cc(OCc4cc(C#CCNC(=O)CCOCCOCCOCCOCCNC(=O)CCN)cc(COc5cc6c(cc5OC)C(=O)N5CC(=C)C[C@H]5C=N6)c4)c(C)cc3C(=O)N2C1. The normalized spacial score (nSPS) is 16.6. The maximum absolute atomic E-state index is 13.6. The minimum Gasteiger partial charge on any atom is -0.493 e. The first-order valence-electron chi connectivity index (χ1n) is 23.8. The van der Waals surface area contributed by atoms with Crippen LogP contribution in [0.3, 0.4) is 0 Å². The molecule has 3 aromatic carbocycles. The summed E-state index contributed by atoms with van der Waals surface area (Å²) in [4.78, 5) is 63.9. The number of fused-ring (bicyclic) bond motifs is 4. The number of benzene rings is 3. The Bertz CT molecular complexity index is 2580. The van der Waals surface area contributed by atoms with E-state index in [9.17, 15) is 19.2 Å².